The number of para-hydroxylation sites is 1. The molecule has 0 aliphatic heterocycles. The second-order valence-electron chi connectivity index (χ2n) is 14.0. The van der Waals surface area contributed by atoms with Crippen LogP contribution in [0.1, 0.15) is 0 Å². The van der Waals surface area contributed by atoms with Crippen LogP contribution >= 0.6 is 0 Å². The van der Waals surface area contributed by atoms with Crippen LogP contribution < -0.4 is 0 Å². The van der Waals surface area contributed by atoms with Crippen molar-refractivity contribution in [2.45, 2.75) is 0 Å². The van der Waals surface area contributed by atoms with Gasteiger partial charge >= 0.3 is 0 Å². The van der Waals surface area contributed by atoms with Crippen molar-refractivity contribution in [3.8, 4) is 62.1 Å². The minimum Gasteiger partial charge on any atom is -0.456 e. The average Bonchev–Trinajstić information content (AvgIpc) is 3.82. The minimum absolute atomic E-state index is 0.622. The summed E-state index contributed by atoms with van der Waals surface area (Å²) >= 11 is 0. The predicted molar refractivity (Wildman–Crippen MR) is 229 cm³/mol. The molecule has 5 heteroatoms. The van der Waals surface area contributed by atoms with E-state index in [1.165, 1.54) is 5.56 Å². The normalized spacial score (nSPS) is 11.6. The Morgan fingerprint density at radius 1 is 0.321 bits per heavy atom. The van der Waals surface area contributed by atoms with Gasteiger partial charge in [-0.2, -0.15) is 0 Å². The van der Waals surface area contributed by atoms with E-state index in [9.17, 15) is 0 Å². The zero-order valence-corrected chi connectivity index (χ0v) is 30.2. The second-order valence-corrected chi connectivity index (χ2v) is 14.0. The Morgan fingerprint density at radius 3 is 1.55 bits per heavy atom. The highest BCUT2D eigenvalue weighted by Gasteiger charge is 2.20. The van der Waals surface area contributed by atoms with Crippen LogP contribution in [0.2, 0.25) is 0 Å². The van der Waals surface area contributed by atoms with E-state index in [0.717, 1.165) is 82.8 Å². The summed E-state index contributed by atoms with van der Waals surface area (Å²) in [6, 6.07) is 67.4. The molecule has 0 aliphatic carbocycles. The Labute approximate surface area is 322 Å². The molecule has 0 bridgehead atoms. The van der Waals surface area contributed by atoms with Gasteiger partial charge in [-0.15, -0.1) is 0 Å². The van der Waals surface area contributed by atoms with Gasteiger partial charge in [-0.3, -0.25) is 0 Å². The lowest BCUT2D eigenvalue weighted by Crippen LogP contribution is -2.00. The van der Waals surface area contributed by atoms with Crippen LogP contribution in [0.3, 0.4) is 0 Å². The molecule has 0 atom stereocenters. The highest BCUT2D eigenvalue weighted by molar-refractivity contribution is 6.15. The van der Waals surface area contributed by atoms with Crippen LogP contribution in [0.4, 0.5) is 0 Å². The van der Waals surface area contributed by atoms with E-state index in [0.29, 0.717) is 17.5 Å². The second kappa shape index (κ2) is 13.0. The maximum Gasteiger partial charge on any atom is 0.164 e. The van der Waals surface area contributed by atoms with Crippen molar-refractivity contribution in [1.82, 2.24) is 19.5 Å². The molecular weight excluding hydrogens is 685 g/mol. The highest BCUT2D eigenvalue weighted by Crippen LogP contribution is 2.40. The van der Waals surface area contributed by atoms with Crippen LogP contribution in [0.5, 0.6) is 0 Å². The Kier molecular flexibility index (Phi) is 7.42. The Hall–Kier alpha value is -7.63. The summed E-state index contributed by atoms with van der Waals surface area (Å²) in [4.78, 5) is 15.2. The van der Waals surface area contributed by atoms with Crippen LogP contribution in [0, 0.1) is 0 Å². The van der Waals surface area contributed by atoms with Gasteiger partial charge in [0.15, 0.2) is 17.5 Å². The molecule has 0 fully saturated rings. The number of nitrogens with zero attached hydrogens (tertiary/aromatic N) is 4. The fourth-order valence-electron chi connectivity index (χ4n) is 7.97. The number of furan rings is 1. The summed E-state index contributed by atoms with van der Waals surface area (Å²) in [6.07, 6.45) is 0. The molecule has 56 heavy (non-hydrogen) atoms. The molecule has 11 rings (SSSR count). The molecule has 0 saturated carbocycles. The smallest absolute Gasteiger partial charge is 0.164 e. The number of aromatic nitrogens is 4. The maximum atomic E-state index is 6.54. The lowest BCUT2D eigenvalue weighted by molar-refractivity contribution is 0.669. The summed E-state index contributed by atoms with van der Waals surface area (Å²) in [5.41, 5.74) is 12.4. The van der Waals surface area contributed by atoms with Crippen molar-refractivity contribution < 1.29 is 4.42 Å². The molecule has 0 N–H and O–H groups in total. The Balaban J connectivity index is 1.07. The molecule has 3 aromatic heterocycles. The van der Waals surface area contributed by atoms with Gasteiger partial charge in [-0.25, -0.2) is 15.0 Å². The standard InChI is InChI=1S/C51H32N4O/c1-4-13-33(14-5-1)35-23-25-37(26-24-35)50-52-49(36-17-8-3-9-18-36)53-51(54-50)39-28-30-44-42(31-39)40-19-10-11-20-43(40)55(44)45-21-12-22-46-48(45)41-29-27-38(32-47(41)56-46)34-15-6-2-7-16-34/h1-32H. The monoisotopic (exact) mass is 716 g/mol. The molecule has 262 valence electrons. The summed E-state index contributed by atoms with van der Waals surface area (Å²) < 4.78 is 8.90. The van der Waals surface area contributed by atoms with Crippen molar-refractivity contribution in [3.05, 3.63) is 194 Å². The third-order valence-corrected chi connectivity index (χ3v) is 10.7. The number of hydrogen-bond acceptors (Lipinski definition) is 4. The summed E-state index contributed by atoms with van der Waals surface area (Å²) in [7, 11) is 0. The lowest BCUT2D eigenvalue weighted by atomic mass is 10.0. The van der Waals surface area contributed by atoms with Crippen LogP contribution in [0.15, 0.2) is 199 Å². The SMILES string of the molecule is c1ccc(-c2ccc(-c3nc(-c4ccccc4)nc(-c4ccc5c(c4)c4ccccc4n5-c4cccc5oc6cc(-c7ccccc7)ccc6c45)n3)cc2)cc1. The van der Waals surface area contributed by atoms with E-state index in [1.54, 1.807) is 0 Å². The van der Waals surface area contributed by atoms with E-state index in [-0.39, 0.29) is 0 Å². The Bertz CT molecular complexity index is 3220. The van der Waals surface area contributed by atoms with Gasteiger partial charge in [-0.05, 0) is 70.8 Å². The quantitative estimate of drug-likeness (QED) is 0.172. The first-order valence-electron chi connectivity index (χ1n) is 18.8. The number of fused-ring (bicyclic) bond motifs is 6. The predicted octanol–water partition coefficient (Wildman–Crippen LogP) is 13.2. The third kappa shape index (κ3) is 5.37. The Morgan fingerprint density at radius 2 is 0.839 bits per heavy atom. The van der Waals surface area contributed by atoms with Crippen molar-refractivity contribution >= 4 is 43.7 Å². The van der Waals surface area contributed by atoms with E-state index in [1.807, 2.05) is 42.5 Å². The van der Waals surface area contributed by atoms with E-state index in [2.05, 4.69) is 156 Å². The molecule has 0 spiro atoms. The summed E-state index contributed by atoms with van der Waals surface area (Å²) in [5, 5.41) is 4.43. The van der Waals surface area contributed by atoms with Gasteiger partial charge in [0.05, 0.1) is 22.1 Å². The molecule has 0 radical (unpaired) electrons. The summed E-state index contributed by atoms with van der Waals surface area (Å²) in [6.45, 7) is 0. The fraction of sp³-hybridized carbons (Fsp3) is 0. The molecule has 0 aliphatic rings. The lowest BCUT2D eigenvalue weighted by Gasteiger charge is -2.11. The van der Waals surface area contributed by atoms with Gasteiger partial charge in [0.1, 0.15) is 11.2 Å². The number of hydrogen-bond donors (Lipinski definition) is 0. The van der Waals surface area contributed by atoms with Gasteiger partial charge in [0.25, 0.3) is 0 Å². The highest BCUT2D eigenvalue weighted by atomic mass is 16.3. The largest absolute Gasteiger partial charge is 0.456 e. The van der Waals surface area contributed by atoms with Crippen LogP contribution in [0.25, 0.3) is 106 Å². The van der Waals surface area contributed by atoms with Gasteiger partial charge < -0.3 is 8.98 Å². The summed E-state index contributed by atoms with van der Waals surface area (Å²) in [5.74, 6) is 1.89. The average molecular weight is 717 g/mol. The van der Waals surface area contributed by atoms with Crippen molar-refractivity contribution in [2.75, 3.05) is 0 Å². The van der Waals surface area contributed by atoms with Crippen LogP contribution in [-0.2, 0) is 0 Å². The first-order chi connectivity index (χ1) is 27.7. The maximum absolute atomic E-state index is 6.54. The first kappa shape index (κ1) is 31.9. The van der Waals surface area contributed by atoms with E-state index >= 15 is 0 Å². The van der Waals surface area contributed by atoms with Crippen molar-refractivity contribution in [2.24, 2.45) is 0 Å². The molecule has 5 nitrogen and oxygen atoms in total. The topological polar surface area (TPSA) is 56.7 Å². The van der Waals surface area contributed by atoms with Gasteiger partial charge in [0.2, 0.25) is 0 Å². The molecule has 3 heterocycles. The number of benzene rings is 8. The van der Waals surface area contributed by atoms with Crippen LogP contribution in [-0.4, -0.2) is 19.5 Å². The molecule has 0 amide bonds. The van der Waals surface area contributed by atoms with Crippen molar-refractivity contribution in [1.29, 1.82) is 0 Å². The molecule has 8 aromatic carbocycles. The molecule has 0 unspecified atom stereocenters. The minimum atomic E-state index is 0.622. The molecule has 0 saturated heterocycles. The number of rotatable bonds is 6. The third-order valence-electron chi connectivity index (χ3n) is 10.7. The van der Waals surface area contributed by atoms with E-state index < -0.39 is 0 Å². The zero-order valence-electron chi connectivity index (χ0n) is 30.2. The molecular formula is C51H32N4O. The van der Waals surface area contributed by atoms with Gasteiger partial charge in [-0.1, -0.05) is 146 Å². The fourth-order valence-corrected chi connectivity index (χ4v) is 7.97. The van der Waals surface area contributed by atoms with Crippen molar-refractivity contribution in [3.63, 3.8) is 0 Å². The van der Waals surface area contributed by atoms with E-state index in [4.69, 9.17) is 19.4 Å². The zero-order chi connectivity index (χ0) is 37.0. The molecule has 11 aromatic rings. The first-order valence-corrected chi connectivity index (χ1v) is 18.8. The van der Waals surface area contributed by atoms with Gasteiger partial charge in [0, 0.05) is 32.8 Å².